The largest absolute Gasteiger partial charge is 0.359 e. The molecule has 1 saturated carbocycles. The minimum Gasteiger partial charge on any atom is -0.359 e. The quantitative estimate of drug-likeness (QED) is 0.843. The van der Waals surface area contributed by atoms with E-state index in [1.54, 1.807) is 0 Å². The van der Waals surface area contributed by atoms with Crippen LogP contribution in [0.3, 0.4) is 0 Å². The molecule has 1 aromatic heterocycles. The van der Waals surface area contributed by atoms with Crippen LogP contribution < -0.4 is 10.6 Å². The molecule has 3 nitrogen and oxygen atoms in total. The Morgan fingerprint density at radius 2 is 2.25 bits per heavy atom. The number of rotatable bonds is 4. The third-order valence-electron chi connectivity index (χ3n) is 3.59. The number of nitrogens with two attached hydrogens (primary N) is 1. The highest BCUT2D eigenvalue weighted by molar-refractivity contribution is 5.49. The van der Waals surface area contributed by atoms with Gasteiger partial charge in [-0.2, -0.15) is 0 Å². The Balaban J connectivity index is 2.14. The first kappa shape index (κ1) is 11.4. The van der Waals surface area contributed by atoms with Crippen LogP contribution >= 0.6 is 0 Å². The van der Waals surface area contributed by atoms with E-state index in [-0.39, 0.29) is 0 Å². The highest BCUT2D eigenvalue weighted by Crippen LogP contribution is 2.29. The number of hydrogen-bond acceptors (Lipinski definition) is 3. The fourth-order valence-electron chi connectivity index (χ4n) is 2.30. The van der Waals surface area contributed by atoms with E-state index in [4.69, 9.17) is 5.73 Å². The van der Waals surface area contributed by atoms with E-state index in [1.165, 1.54) is 30.4 Å². The second kappa shape index (κ2) is 4.83. The van der Waals surface area contributed by atoms with E-state index < -0.39 is 0 Å². The van der Waals surface area contributed by atoms with Gasteiger partial charge >= 0.3 is 0 Å². The monoisotopic (exact) mass is 219 g/mol. The Kier molecular flexibility index (Phi) is 3.44. The number of aryl methyl sites for hydroxylation is 1. The van der Waals surface area contributed by atoms with Crippen LogP contribution in [0.2, 0.25) is 0 Å². The minimum atomic E-state index is 0.573. The van der Waals surface area contributed by atoms with E-state index in [1.807, 2.05) is 12.3 Å². The fourth-order valence-corrected chi connectivity index (χ4v) is 2.30. The van der Waals surface area contributed by atoms with Gasteiger partial charge in [-0.3, -0.25) is 0 Å². The zero-order valence-electron chi connectivity index (χ0n) is 10.2. The molecule has 1 aliphatic rings. The molecule has 1 aromatic rings. The molecule has 0 radical (unpaired) electrons. The van der Waals surface area contributed by atoms with E-state index >= 15 is 0 Å². The SMILES string of the molecule is Cc1ccnc(N(C)CC2CCC2)c1CN. The van der Waals surface area contributed by atoms with Gasteiger partial charge in [-0.25, -0.2) is 4.98 Å². The predicted octanol–water partition coefficient (Wildman–Crippen LogP) is 2.09. The van der Waals surface area contributed by atoms with Gasteiger partial charge in [0, 0.05) is 31.9 Å². The van der Waals surface area contributed by atoms with Crippen LogP contribution in [0.15, 0.2) is 12.3 Å². The summed E-state index contributed by atoms with van der Waals surface area (Å²) in [5.41, 5.74) is 8.23. The summed E-state index contributed by atoms with van der Waals surface area (Å²) >= 11 is 0. The van der Waals surface area contributed by atoms with Crippen LogP contribution in [0.4, 0.5) is 5.82 Å². The number of anilines is 1. The smallest absolute Gasteiger partial charge is 0.133 e. The fraction of sp³-hybridized carbons (Fsp3) is 0.615. The van der Waals surface area contributed by atoms with Crippen molar-refractivity contribution in [2.75, 3.05) is 18.5 Å². The van der Waals surface area contributed by atoms with Gasteiger partial charge in [0.25, 0.3) is 0 Å². The second-order valence-corrected chi connectivity index (χ2v) is 4.81. The molecule has 16 heavy (non-hydrogen) atoms. The minimum absolute atomic E-state index is 0.573. The Morgan fingerprint density at radius 3 is 2.81 bits per heavy atom. The number of nitrogens with zero attached hydrogens (tertiary/aromatic N) is 2. The molecule has 2 N–H and O–H groups in total. The maximum absolute atomic E-state index is 5.80. The Morgan fingerprint density at radius 1 is 1.50 bits per heavy atom. The highest BCUT2D eigenvalue weighted by atomic mass is 15.2. The summed E-state index contributed by atoms with van der Waals surface area (Å²) in [5.74, 6) is 1.92. The van der Waals surface area contributed by atoms with Gasteiger partial charge in [0.1, 0.15) is 5.82 Å². The van der Waals surface area contributed by atoms with Gasteiger partial charge in [0.15, 0.2) is 0 Å². The zero-order chi connectivity index (χ0) is 11.5. The summed E-state index contributed by atoms with van der Waals surface area (Å²) in [4.78, 5) is 6.73. The Hall–Kier alpha value is -1.09. The number of hydrogen-bond donors (Lipinski definition) is 1. The first-order chi connectivity index (χ1) is 7.72. The maximum atomic E-state index is 5.80. The summed E-state index contributed by atoms with van der Waals surface area (Å²) in [5, 5.41) is 0. The van der Waals surface area contributed by atoms with Crippen molar-refractivity contribution in [1.82, 2.24) is 4.98 Å². The van der Waals surface area contributed by atoms with Crippen LogP contribution in [-0.4, -0.2) is 18.6 Å². The van der Waals surface area contributed by atoms with Gasteiger partial charge in [-0.05, 0) is 37.3 Å². The van der Waals surface area contributed by atoms with Crippen molar-refractivity contribution in [1.29, 1.82) is 0 Å². The molecule has 0 spiro atoms. The van der Waals surface area contributed by atoms with Crippen molar-refractivity contribution < 1.29 is 0 Å². The molecular formula is C13H21N3. The van der Waals surface area contributed by atoms with Gasteiger partial charge < -0.3 is 10.6 Å². The lowest BCUT2D eigenvalue weighted by atomic mass is 9.85. The molecule has 3 heteroatoms. The topological polar surface area (TPSA) is 42.2 Å². The zero-order valence-corrected chi connectivity index (χ0v) is 10.2. The molecule has 0 bridgehead atoms. The average Bonchev–Trinajstić information content (AvgIpc) is 2.22. The number of aromatic nitrogens is 1. The van der Waals surface area contributed by atoms with Crippen LogP contribution in [-0.2, 0) is 6.54 Å². The van der Waals surface area contributed by atoms with E-state index in [0.29, 0.717) is 6.54 Å². The standard InChI is InChI=1S/C13H21N3/c1-10-6-7-15-13(12(10)8-14)16(2)9-11-4-3-5-11/h6-7,11H,3-5,8-9,14H2,1-2H3. The molecule has 0 aliphatic heterocycles. The van der Waals surface area contributed by atoms with Crippen molar-refractivity contribution >= 4 is 5.82 Å². The third kappa shape index (κ3) is 2.19. The molecule has 0 atom stereocenters. The van der Waals surface area contributed by atoms with E-state index in [9.17, 15) is 0 Å². The molecule has 88 valence electrons. The van der Waals surface area contributed by atoms with Gasteiger partial charge in [0.05, 0.1) is 0 Å². The van der Waals surface area contributed by atoms with Crippen molar-refractivity contribution in [2.24, 2.45) is 11.7 Å². The summed E-state index contributed by atoms with van der Waals surface area (Å²) in [6.45, 7) is 3.79. The Bertz CT molecular complexity index is 358. The van der Waals surface area contributed by atoms with Crippen LogP contribution in [0.5, 0.6) is 0 Å². The summed E-state index contributed by atoms with van der Waals surface area (Å²) in [6.07, 6.45) is 6.01. The highest BCUT2D eigenvalue weighted by Gasteiger charge is 2.20. The lowest BCUT2D eigenvalue weighted by molar-refractivity contribution is 0.321. The van der Waals surface area contributed by atoms with Crippen LogP contribution in [0.1, 0.15) is 30.4 Å². The number of pyridine rings is 1. The van der Waals surface area contributed by atoms with E-state index in [2.05, 4.69) is 23.9 Å². The molecule has 0 amide bonds. The predicted molar refractivity (Wildman–Crippen MR) is 67.5 cm³/mol. The lowest BCUT2D eigenvalue weighted by Gasteiger charge is -2.31. The first-order valence-corrected chi connectivity index (χ1v) is 6.08. The van der Waals surface area contributed by atoms with Gasteiger partial charge in [0.2, 0.25) is 0 Å². The van der Waals surface area contributed by atoms with Gasteiger partial charge in [-0.15, -0.1) is 0 Å². The molecular weight excluding hydrogens is 198 g/mol. The van der Waals surface area contributed by atoms with Crippen LogP contribution in [0.25, 0.3) is 0 Å². The van der Waals surface area contributed by atoms with Crippen LogP contribution in [0, 0.1) is 12.8 Å². The van der Waals surface area contributed by atoms with Crippen molar-refractivity contribution in [2.45, 2.75) is 32.7 Å². The lowest BCUT2D eigenvalue weighted by Crippen LogP contribution is -2.31. The summed E-state index contributed by atoms with van der Waals surface area (Å²) < 4.78 is 0. The molecule has 0 saturated heterocycles. The Labute approximate surface area is 97.7 Å². The molecule has 0 unspecified atom stereocenters. The molecule has 1 fully saturated rings. The van der Waals surface area contributed by atoms with Crippen molar-refractivity contribution in [3.05, 3.63) is 23.4 Å². The first-order valence-electron chi connectivity index (χ1n) is 6.08. The van der Waals surface area contributed by atoms with Gasteiger partial charge in [-0.1, -0.05) is 6.42 Å². The van der Waals surface area contributed by atoms with E-state index in [0.717, 1.165) is 18.3 Å². The summed E-state index contributed by atoms with van der Waals surface area (Å²) in [6, 6.07) is 2.03. The molecule has 0 aromatic carbocycles. The normalized spacial score (nSPS) is 15.9. The third-order valence-corrected chi connectivity index (χ3v) is 3.59. The average molecular weight is 219 g/mol. The molecule has 1 aliphatic carbocycles. The second-order valence-electron chi connectivity index (χ2n) is 4.81. The maximum Gasteiger partial charge on any atom is 0.133 e. The molecule has 1 heterocycles. The molecule has 2 rings (SSSR count). The summed E-state index contributed by atoms with van der Waals surface area (Å²) in [7, 11) is 2.12. The van der Waals surface area contributed by atoms with Crippen molar-refractivity contribution in [3.63, 3.8) is 0 Å². The van der Waals surface area contributed by atoms with Crippen molar-refractivity contribution in [3.8, 4) is 0 Å².